The fourth-order valence-electron chi connectivity index (χ4n) is 2.17. The third-order valence-corrected chi connectivity index (χ3v) is 6.44. The third kappa shape index (κ3) is 4.70. The number of hydrogen-bond acceptors (Lipinski definition) is 4. The highest BCUT2D eigenvalue weighted by molar-refractivity contribution is 7.98. The SMILES string of the molecule is O=C(NCCc1cccs1)c1ccccc1SCc1cccs1. The molecule has 0 aliphatic carbocycles. The van der Waals surface area contributed by atoms with Crippen LogP contribution < -0.4 is 5.32 Å². The van der Waals surface area contributed by atoms with E-state index in [0.29, 0.717) is 6.54 Å². The van der Waals surface area contributed by atoms with Gasteiger partial charge in [0.2, 0.25) is 0 Å². The lowest BCUT2D eigenvalue weighted by atomic mass is 10.2. The molecule has 3 aromatic rings. The molecule has 0 atom stereocenters. The summed E-state index contributed by atoms with van der Waals surface area (Å²) < 4.78 is 0. The number of benzene rings is 1. The molecule has 0 saturated heterocycles. The first-order chi connectivity index (χ1) is 11.3. The van der Waals surface area contributed by atoms with Gasteiger partial charge in [0.1, 0.15) is 0 Å². The Morgan fingerprint density at radius 1 is 0.957 bits per heavy atom. The zero-order chi connectivity index (χ0) is 15.9. The van der Waals surface area contributed by atoms with E-state index in [4.69, 9.17) is 0 Å². The Morgan fingerprint density at radius 2 is 1.70 bits per heavy atom. The number of rotatable bonds is 7. The van der Waals surface area contributed by atoms with Crippen LogP contribution in [0.2, 0.25) is 0 Å². The van der Waals surface area contributed by atoms with Crippen LogP contribution in [0.4, 0.5) is 0 Å². The van der Waals surface area contributed by atoms with Gasteiger partial charge in [-0.1, -0.05) is 24.3 Å². The van der Waals surface area contributed by atoms with Crippen molar-refractivity contribution in [3.05, 3.63) is 74.6 Å². The molecule has 0 bridgehead atoms. The van der Waals surface area contributed by atoms with E-state index < -0.39 is 0 Å². The summed E-state index contributed by atoms with van der Waals surface area (Å²) in [6.45, 7) is 0.670. The molecule has 1 aromatic carbocycles. The Bertz CT molecular complexity index is 735. The molecular weight excluding hydrogens is 342 g/mol. The van der Waals surface area contributed by atoms with Crippen LogP contribution in [0.5, 0.6) is 0 Å². The molecule has 0 saturated carbocycles. The summed E-state index contributed by atoms with van der Waals surface area (Å²) in [5.41, 5.74) is 0.764. The third-order valence-electron chi connectivity index (χ3n) is 3.32. The molecule has 0 fully saturated rings. The summed E-state index contributed by atoms with van der Waals surface area (Å²) in [5.74, 6) is 0.910. The van der Waals surface area contributed by atoms with Gasteiger partial charge in [0.05, 0.1) is 5.56 Å². The standard InChI is InChI=1S/C18H17NOS3/c20-18(19-10-9-14-5-3-11-21-14)16-7-1-2-8-17(16)23-13-15-6-4-12-22-15/h1-8,11-12H,9-10,13H2,(H,19,20). The van der Waals surface area contributed by atoms with E-state index in [-0.39, 0.29) is 5.91 Å². The number of thiophene rings is 2. The fourth-order valence-corrected chi connectivity index (χ4v) is 4.70. The summed E-state index contributed by atoms with van der Waals surface area (Å²) in [6.07, 6.45) is 0.883. The molecule has 0 aliphatic heterocycles. The first kappa shape index (κ1) is 16.3. The van der Waals surface area contributed by atoms with Crippen LogP contribution in [0.25, 0.3) is 0 Å². The van der Waals surface area contributed by atoms with Crippen molar-refractivity contribution < 1.29 is 4.79 Å². The van der Waals surface area contributed by atoms with Crippen LogP contribution in [0.3, 0.4) is 0 Å². The Balaban J connectivity index is 1.58. The topological polar surface area (TPSA) is 29.1 Å². The van der Waals surface area contributed by atoms with Gasteiger partial charge in [0, 0.05) is 26.9 Å². The van der Waals surface area contributed by atoms with Crippen LogP contribution in [0.15, 0.2) is 64.2 Å². The van der Waals surface area contributed by atoms with Crippen LogP contribution >= 0.6 is 34.4 Å². The van der Waals surface area contributed by atoms with Gasteiger partial charge < -0.3 is 5.32 Å². The van der Waals surface area contributed by atoms with E-state index in [1.807, 2.05) is 30.3 Å². The minimum atomic E-state index is 0.0100. The maximum Gasteiger partial charge on any atom is 0.252 e. The number of amides is 1. The van der Waals surface area contributed by atoms with Gasteiger partial charge in [-0.2, -0.15) is 0 Å². The van der Waals surface area contributed by atoms with Gasteiger partial charge in [0.25, 0.3) is 5.91 Å². The molecule has 3 rings (SSSR count). The lowest BCUT2D eigenvalue weighted by molar-refractivity contribution is 0.0951. The maximum atomic E-state index is 12.4. The van der Waals surface area contributed by atoms with Crippen molar-refractivity contribution >= 4 is 40.3 Å². The van der Waals surface area contributed by atoms with E-state index in [1.165, 1.54) is 9.75 Å². The monoisotopic (exact) mass is 359 g/mol. The van der Waals surface area contributed by atoms with E-state index >= 15 is 0 Å². The zero-order valence-electron chi connectivity index (χ0n) is 12.5. The smallest absolute Gasteiger partial charge is 0.252 e. The van der Waals surface area contributed by atoms with Crippen LogP contribution in [0.1, 0.15) is 20.1 Å². The predicted molar refractivity (Wildman–Crippen MR) is 101 cm³/mol. The minimum Gasteiger partial charge on any atom is -0.352 e. The Morgan fingerprint density at radius 3 is 2.43 bits per heavy atom. The van der Waals surface area contributed by atoms with Crippen LogP contribution in [-0.4, -0.2) is 12.5 Å². The first-order valence-corrected chi connectivity index (χ1v) is 10.1. The molecule has 0 unspecified atom stereocenters. The minimum absolute atomic E-state index is 0.0100. The molecule has 2 heterocycles. The lowest BCUT2D eigenvalue weighted by Gasteiger charge is -2.09. The van der Waals surface area contributed by atoms with Gasteiger partial charge in [-0.15, -0.1) is 34.4 Å². The fraction of sp³-hybridized carbons (Fsp3) is 0.167. The molecule has 1 amide bonds. The average molecular weight is 360 g/mol. The van der Waals surface area contributed by atoms with E-state index in [0.717, 1.165) is 22.6 Å². The summed E-state index contributed by atoms with van der Waals surface area (Å²) in [6, 6.07) is 16.2. The van der Waals surface area contributed by atoms with Gasteiger partial charge >= 0.3 is 0 Å². The van der Waals surface area contributed by atoms with Crippen LogP contribution in [-0.2, 0) is 12.2 Å². The summed E-state index contributed by atoms with van der Waals surface area (Å²) in [5, 5.41) is 7.17. The van der Waals surface area contributed by atoms with Crippen molar-refractivity contribution in [1.29, 1.82) is 0 Å². The van der Waals surface area contributed by atoms with Crippen molar-refractivity contribution in [2.24, 2.45) is 0 Å². The molecule has 118 valence electrons. The van der Waals surface area contributed by atoms with Crippen molar-refractivity contribution in [1.82, 2.24) is 5.32 Å². The first-order valence-electron chi connectivity index (χ1n) is 7.38. The Labute approximate surface area is 148 Å². The van der Waals surface area contributed by atoms with Crippen molar-refractivity contribution in [3.63, 3.8) is 0 Å². The number of hydrogen-bond donors (Lipinski definition) is 1. The van der Waals surface area contributed by atoms with E-state index in [2.05, 4.69) is 34.3 Å². The molecule has 0 radical (unpaired) electrons. The van der Waals surface area contributed by atoms with Crippen LogP contribution in [0, 0.1) is 0 Å². The second-order valence-electron chi connectivity index (χ2n) is 4.95. The summed E-state index contributed by atoms with van der Waals surface area (Å²) in [7, 11) is 0. The molecule has 1 N–H and O–H groups in total. The number of carbonyl (C=O) groups excluding carboxylic acids is 1. The van der Waals surface area contributed by atoms with Crippen molar-refractivity contribution in [2.45, 2.75) is 17.1 Å². The van der Waals surface area contributed by atoms with Gasteiger partial charge in [-0.05, 0) is 41.4 Å². The maximum absolute atomic E-state index is 12.4. The second-order valence-corrected chi connectivity index (χ2v) is 8.03. The Kier molecular flexibility index (Phi) is 5.91. The molecule has 2 aromatic heterocycles. The molecular formula is C18H17NOS3. The largest absolute Gasteiger partial charge is 0.352 e. The molecule has 0 spiro atoms. The number of carbonyl (C=O) groups is 1. The van der Waals surface area contributed by atoms with Crippen molar-refractivity contribution in [3.8, 4) is 0 Å². The Hall–Kier alpha value is -1.56. The molecule has 2 nitrogen and oxygen atoms in total. The van der Waals surface area contributed by atoms with Gasteiger partial charge in [-0.3, -0.25) is 4.79 Å². The highest BCUT2D eigenvalue weighted by Gasteiger charge is 2.11. The predicted octanol–water partition coefficient (Wildman–Crippen LogP) is 5.07. The quantitative estimate of drug-likeness (QED) is 0.596. The van der Waals surface area contributed by atoms with E-state index in [1.54, 1.807) is 34.4 Å². The number of thioether (sulfide) groups is 1. The number of nitrogens with one attached hydrogen (secondary N) is 1. The van der Waals surface area contributed by atoms with Gasteiger partial charge in [0.15, 0.2) is 0 Å². The molecule has 5 heteroatoms. The van der Waals surface area contributed by atoms with Crippen molar-refractivity contribution in [2.75, 3.05) is 6.54 Å². The molecule has 0 aliphatic rings. The normalized spacial score (nSPS) is 10.6. The lowest BCUT2D eigenvalue weighted by Crippen LogP contribution is -2.26. The van der Waals surface area contributed by atoms with Gasteiger partial charge in [-0.25, -0.2) is 0 Å². The molecule has 23 heavy (non-hydrogen) atoms. The average Bonchev–Trinajstić information content (AvgIpc) is 3.27. The second kappa shape index (κ2) is 8.34. The van der Waals surface area contributed by atoms with E-state index in [9.17, 15) is 4.79 Å². The summed E-state index contributed by atoms with van der Waals surface area (Å²) in [4.78, 5) is 16.1. The highest BCUT2D eigenvalue weighted by Crippen LogP contribution is 2.27. The zero-order valence-corrected chi connectivity index (χ0v) is 15.0. The summed E-state index contributed by atoms with van der Waals surface area (Å²) >= 11 is 5.19. The highest BCUT2D eigenvalue weighted by atomic mass is 32.2.